The summed E-state index contributed by atoms with van der Waals surface area (Å²) in [5.41, 5.74) is 0. The summed E-state index contributed by atoms with van der Waals surface area (Å²) in [5, 5.41) is 54.8. The highest BCUT2D eigenvalue weighted by molar-refractivity contribution is 5.76. The number of rotatable bonds is 64. The van der Waals surface area contributed by atoms with Crippen LogP contribution in [0.4, 0.5) is 0 Å². The van der Waals surface area contributed by atoms with Gasteiger partial charge in [-0.2, -0.15) is 0 Å². The van der Waals surface area contributed by atoms with E-state index in [0.717, 1.165) is 89.9 Å². The average Bonchev–Trinajstić information content (AvgIpc) is 2.59. The zero-order valence-corrected chi connectivity index (χ0v) is 57.4. The van der Waals surface area contributed by atoms with Gasteiger partial charge in [-0.1, -0.05) is 341 Å². The molecule has 0 aromatic rings. The van der Waals surface area contributed by atoms with Gasteiger partial charge in [-0.05, 0) is 96.3 Å². The number of carbonyl (C=O) groups is 1. The summed E-state index contributed by atoms with van der Waals surface area (Å²) in [6.45, 7) is 3.68. The number of hydrogen-bond donors (Lipinski definition) is 6. The predicted octanol–water partition coefficient (Wildman–Crippen LogP) is 21.0. The summed E-state index contributed by atoms with van der Waals surface area (Å²) in [4.78, 5) is 13.1. The van der Waals surface area contributed by atoms with Gasteiger partial charge in [0.25, 0.3) is 0 Å². The van der Waals surface area contributed by atoms with Crippen molar-refractivity contribution in [1.29, 1.82) is 0 Å². The highest BCUT2D eigenvalue weighted by Gasteiger charge is 2.44. The monoisotopic (exact) mass is 1240 g/mol. The Kier molecular flexibility index (Phi) is 63.4. The molecule has 1 aliphatic rings. The molecule has 9 heteroatoms. The molecule has 1 rings (SSSR count). The van der Waals surface area contributed by atoms with Crippen LogP contribution in [0.2, 0.25) is 0 Å². The minimum Gasteiger partial charge on any atom is -0.394 e. The van der Waals surface area contributed by atoms with Gasteiger partial charge in [0.05, 0.1) is 25.4 Å². The molecule has 0 spiro atoms. The third kappa shape index (κ3) is 55.9. The maximum Gasteiger partial charge on any atom is 0.220 e. The summed E-state index contributed by atoms with van der Waals surface area (Å²) in [7, 11) is 0. The average molecular weight is 1240 g/mol. The van der Waals surface area contributed by atoms with E-state index < -0.39 is 49.5 Å². The number of hydrogen-bond acceptors (Lipinski definition) is 8. The quantitative estimate of drug-likeness (QED) is 0.0261. The normalized spacial score (nSPS) is 18.6. The van der Waals surface area contributed by atoms with Gasteiger partial charge in [0.15, 0.2) is 6.29 Å². The first kappa shape index (κ1) is 83.6. The van der Waals surface area contributed by atoms with Crippen molar-refractivity contribution < 1.29 is 39.8 Å². The fraction of sp³-hybridized carbons (Fsp3) is 0.738. The number of aliphatic hydroxyl groups is 5. The van der Waals surface area contributed by atoms with Crippen LogP contribution in [0.1, 0.15) is 322 Å². The molecule has 1 saturated heterocycles. The van der Waals surface area contributed by atoms with Crippen molar-refractivity contribution in [3.05, 3.63) is 122 Å². The molecule has 7 unspecified atom stereocenters. The Labute approximate surface area is 548 Å². The van der Waals surface area contributed by atoms with Crippen molar-refractivity contribution >= 4 is 5.91 Å². The van der Waals surface area contributed by atoms with Crippen LogP contribution in [0.15, 0.2) is 122 Å². The second-order valence-corrected chi connectivity index (χ2v) is 25.3. The summed E-state index contributed by atoms with van der Waals surface area (Å²) < 4.78 is 11.3. The molecule has 1 aliphatic heterocycles. The van der Waals surface area contributed by atoms with E-state index in [-0.39, 0.29) is 12.5 Å². The number of ether oxygens (including phenoxy) is 2. The van der Waals surface area contributed by atoms with Gasteiger partial charge in [-0.15, -0.1) is 0 Å². The number of unbranched alkanes of at least 4 members (excludes halogenated alkanes) is 36. The van der Waals surface area contributed by atoms with Crippen molar-refractivity contribution in [2.45, 2.75) is 365 Å². The molecule has 512 valence electrons. The smallest absolute Gasteiger partial charge is 0.220 e. The maximum absolute atomic E-state index is 13.1. The van der Waals surface area contributed by atoms with Crippen LogP contribution in [0.25, 0.3) is 0 Å². The predicted molar refractivity (Wildman–Crippen MR) is 382 cm³/mol. The molecule has 0 aromatic heterocycles. The van der Waals surface area contributed by atoms with Crippen LogP contribution in [-0.4, -0.2) is 87.5 Å². The van der Waals surface area contributed by atoms with Crippen LogP contribution in [0, 0.1) is 0 Å². The molecule has 0 aromatic carbocycles. The standard InChI is InChI=1S/C80H139NO8/c1-3-5-7-9-11-13-15-17-19-21-23-25-27-29-30-31-32-33-34-35-36-37-38-39-40-41-42-43-44-46-48-50-52-54-56-58-60-62-64-66-68-70-76(84)81-73(72-88-80-79(87)78(86)77(85)75(71-82)89-80)74(83)69-67-65-63-61-59-57-55-53-51-49-47-45-28-26-24-22-20-18-16-14-12-10-8-6-4-2/h5,7,11,13,17,19,23,25,29-30,32-33,35-36,38-39,59,61,67,69,73-75,77-80,82-83,85-87H,3-4,6,8-10,12,14-16,18,20-22,24,26-28,31,34,37,40-58,60,62-66,68,70-72H2,1-2H3,(H,81,84)/b7-5-,13-11-,19-17-,25-23-,30-29-,33-32-,36-35-,39-38-,61-59+,69-67+. The largest absolute Gasteiger partial charge is 0.394 e. The van der Waals surface area contributed by atoms with Gasteiger partial charge in [0.2, 0.25) is 5.91 Å². The van der Waals surface area contributed by atoms with Gasteiger partial charge in [0, 0.05) is 6.42 Å². The van der Waals surface area contributed by atoms with Crippen LogP contribution in [0.3, 0.4) is 0 Å². The Balaban J connectivity index is 2.11. The number of nitrogens with one attached hydrogen (secondary N) is 1. The third-order valence-electron chi connectivity index (χ3n) is 17.0. The molecule has 0 saturated carbocycles. The lowest BCUT2D eigenvalue weighted by molar-refractivity contribution is -0.302. The molecular weight excluding hydrogens is 1100 g/mol. The van der Waals surface area contributed by atoms with Crippen LogP contribution in [0.5, 0.6) is 0 Å². The molecule has 7 atom stereocenters. The van der Waals surface area contributed by atoms with Gasteiger partial charge in [-0.3, -0.25) is 4.79 Å². The Hall–Kier alpha value is -3.41. The molecule has 1 amide bonds. The SMILES string of the molecule is CC/C=C\C/C=C\C/C=C\C/C=C\C/C=C\C/C=C\C/C=C\C/C=C\CCCCCCCCCCCCCCCCCCC(=O)NC(COC1OC(CO)C(O)C(O)C1O)C(O)/C=C/CC/C=C/CCCCCCCCCCCCCCCCCCCCC. The van der Waals surface area contributed by atoms with Crippen LogP contribution < -0.4 is 5.32 Å². The Morgan fingerprint density at radius 1 is 0.393 bits per heavy atom. The minimum absolute atomic E-state index is 0.186. The highest BCUT2D eigenvalue weighted by atomic mass is 16.7. The summed E-state index contributed by atoms with van der Waals surface area (Å²) >= 11 is 0. The van der Waals surface area contributed by atoms with E-state index in [0.29, 0.717) is 6.42 Å². The molecule has 0 radical (unpaired) electrons. The number of amides is 1. The van der Waals surface area contributed by atoms with Gasteiger partial charge >= 0.3 is 0 Å². The van der Waals surface area contributed by atoms with Crippen molar-refractivity contribution in [3.8, 4) is 0 Å². The van der Waals surface area contributed by atoms with E-state index in [1.807, 2.05) is 6.08 Å². The van der Waals surface area contributed by atoms with E-state index in [9.17, 15) is 30.3 Å². The zero-order chi connectivity index (χ0) is 64.2. The summed E-state index contributed by atoms with van der Waals surface area (Å²) in [6, 6.07) is -0.829. The van der Waals surface area contributed by atoms with Crippen molar-refractivity contribution in [2.24, 2.45) is 0 Å². The van der Waals surface area contributed by atoms with Crippen LogP contribution in [-0.2, 0) is 14.3 Å². The Morgan fingerprint density at radius 2 is 0.708 bits per heavy atom. The Morgan fingerprint density at radius 3 is 1.08 bits per heavy atom. The fourth-order valence-electron chi connectivity index (χ4n) is 11.3. The lowest BCUT2D eigenvalue weighted by Gasteiger charge is -2.40. The van der Waals surface area contributed by atoms with Crippen molar-refractivity contribution in [2.75, 3.05) is 13.2 Å². The first-order valence-electron chi connectivity index (χ1n) is 37.3. The van der Waals surface area contributed by atoms with E-state index >= 15 is 0 Å². The minimum atomic E-state index is -1.58. The second kappa shape index (κ2) is 67.5. The van der Waals surface area contributed by atoms with Gasteiger partial charge in [0.1, 0.15) is 24.4 Å². The number of aliphatic hydroxyl groups excluding tert-OH is 5. The Bertz CT molecular complexity index is 1830. The molecule has 9 nitrogen and oxygen atoms in total. The van der Waals surface area contributed by atoms with Crippen molar-refractivity contribution in [1.82, 2.24) is 5.32 Å². The number of allylic oxidation sites excluding steroid dienone is 19. The lowest BCUT2D eigenvalue weighted by Crippen LogP contribution is -2.60. The summed E-state index contributed by atoms with van der Waals surface area (Å²) in [6.07, 6.45) is 94.6. The van der Waals surface area contributed by atoms with E-state index in [4.69, 9.17) is 9.47 Å². The van der Waals surface area contributed by atoms with E-state index in [2.05, 4.69) is 129 Å². The topological polar surface area (TPSA) is 149 Å². The molecular formula is C80H139NO8. The highest BCUT2D eigenvalue weighted by Crippen LogP contribution is 2.23. The summed E-state index contributed by atoms with van der Waals surface area (Å²) in [5.74, 6) is -0.186. The maximum atomic E-state index is 13.1. The lowest BCUT2D eigenvalue weighted by atomic mass is 9.99. The molecule has 1 fully saturated rings. The van der Waals surface area contributed by atoms with Crippen LogP contribution >= 0.6 is 0 Å². The third-order valence-corrected chi connectivity index (χ3v) is 17.0. The first-order chi connectivity index (χ1) is 43.8. The molecule has 1 heterocycles. The van der Waals surface area contributed by atoms with Gasteiger partial charge < -0.3 is 40.3 Å². The molecule has 89 heavy (non-hydrogen) atoms. The van der Waals surface area contributed by atoms with E-state index in [1.165, 1.54) is 212 Å². The van der Waals surface area contributed by atoms with Crippen molar-refractivity contribution in [3.63, 3.8) is 0 Å². The zero-order valence-electron chi connectivity index (χ0n) is 57.4. The number of carbonyl (C=O) groups excluding carboxylic acids is 1. The second-order valence-electron chi connectivity index (χ2n) is 25.3. The van der Waals surface area contributed by atoms with Gasteiger partial charge in [-0.25, -0.2) is 0 Å². The molecule has 0 aliphatic carbocycles. The molecule has 0 bridgehead atoms. The first-order valence-corrected chi connectivity index (χ1v) is 37.3. The van der Waals surface area contributed by atoms with E-state index in [1.54, 1.807) is 6.08 Å². The fourth-order valence-corrected chi connectivity index (χ4v) is 11.3. The molecule has 6 N–H and O–H groups in total.